The first kappa shape index (κ1) is 27.5. The molecule has 2 rings (SSSR count). The lowest BCUT2D eigenvalue weighted by molar-refractivity contribution is -0.140. The van der Waals surface area contributed by atoms with E-state index >= 15 is 0 Å². The van der Waals surface area contributed by atoms with E-state index in [1.807, 2.05) is 63.5 Å². The summed E-state index contributed by atoms with van der Waals surface area (Å²) >= 11 is 0. The van der Waals surface area contributed by atoms with E-state index in [-0.39, 0.29) is 12.1 Å². The van der Waals surface area contributed by atoms with Crippen LogP contribution in [-0.2, 0) is 14.3 Å². The van der Waals surface area contributed by atoms with Gasteiger partial charge >= 0.3 is 12.1 Å². The molecule has 0 spiro atoms. The van der Waals surface area contributed by atoms with Crippen molar-refractivity contribution in [1.29, 1.82) is 0 Å². The zero-order chi connectivity index (χ0) is 25.6. The molecule has 186 valence electrons. The normalized spacial score (nSPS) is 10.7. The summed E-state index contributed by atoms with van der Waals surface area (Å²) in [5, 5.41) is 0. The molecule has 35 heavy (non-hydrogen) atoms. The lowest BCUT2D eigenvalue weighted by Gasteiger charge is -2.17. The van der Waals surface area contributed by atoms with Gasteiger partial charge in [0.15, 0.2) is 0 Å². The molecule has 0 saturated carbocycles. The number of carbonyl (C=O) groups is 2. The van der Waals surface area contributed by atoms with Gasteiger partial charge in [-0.25, -0.2) is 14.8 Å². The van der Waals surface area contributed by atoms with Crippen LogP contribution in [0, 0.1) is 18.8 Å². The number of aryl methyl sites for hydroxylation is 1. The van der Waals surface area contributed by atoms with Crippen molar-refractivity contribution in [3.05, 3.63) is 53.1 Å². The molecule has 0 aliphatic rings. The van der Waals surface area contributed by atoms with E-state index in [9.17, 15) is 9.59 Å². The van der Waals surface area contributed by atoms with Crippen LogP contribution in [0.25, 0.3) is 12.2 Å². The molecule has 1 aromatic carbocycles. The Balaban J connectivity index is 1.94. The summed E-state index contributed by atoms with van der Waals surface area (Å²) in [4.78, 5) is 35.8. The van der Waals surface area contributed by atoms with Gasteiger partial charge in [0, 0.05) is 37.8 Å². The number of amides is 1. The number of esters is 1. The van der Waals surface area contributed by atoms with E-state index in [1.54, 1.807) is 7.05 Å². The van der Waals surface area contributed by atoms with Crippen LogP contribution in [0.5, 0.6) is 0 Å². The predicted molar refractivity (Wildman–Crippen MR) is 138 cm³/mol. The molecule has 0 bridgehead atoms. The highest BCUT2D eigenvalue weighted by atomic mass is 16.6. The zero-order valence-corrected chi connectivity index (χ0v) is 21.2. The minimum atomic E-state index is -0.373. The molecule has 0 aliphatic heterocycles. The fourth-order valence-corrected chi connectivity index (χ4v) is 3.03. The topological polar surface area (TPSA) is 84.9 Å². The van der Waals surface area contributed by atoms with Crippen LogP contribution in [0.1, 0.15) is 48.5 Å². The minimum absolute atomic E-state index is 0.235. The van der Waals surface area contributed by atoms with Gasteiger partial charge in [-0.2, -0.15) is 0 Å². The van der Waals surface area contributed by atoms with Crippen molar-refractivity contribution in [3.8, 4) is 11.8 Å². The van der Waals surface area contributed by atoms with Crippen LogP contribution in [-0.4, -0.2) is 68.3 Å². The van der Waals surface area contributed by atoms with Crippen molar-refractivity contribution in [1.82, 2.24) is 14.9 Å². The number of hydrogen-bond donors (Lipinski definition) is 0. The van der Waals surface area contributed by atoms with E-state index < -0.39 is 0 Å². The van der Waals surface area contributed by atoms with E-state index in [2.05, 4.69) is 31.4 Å². The number of methoxy groups -OCH3 is 1. The summed E-state index contributed by atoms with van der Waals surface area (Å²) in [5.74, 6) is 6.18. The van der Waals surface area contributed by atoms with Crippen LogP contribution in [0.15, 0.2) is 30.3 Å². The quantitative estimate of drug-likeness (QED) is 0.288. The molecular formula is C27H34N4O4. The van der Waals surface area contributed by atoms with Crippen LogP contribution >= 0.6 is 0 Å². The zero-order valence-electron chi connectivity index (χ0n) is 21.2. The Kier molecular flexibility index (Phi) is 11.4. The number of benzene rings is 1. The second kappa shape index (κ2) is 14.5. The first-order valence-electron chi connectivity index (χ1n) is 11.5. The van der Waals surface area contributed by atoms with E-state index in [1.165, 1.54) is 12.0 Å². The fraction of sp³-hybridized carbons (Fsp3) is 0.407. The highest BCUT2D eigenvalue weighted by Crippen LogP contribution is 2.16. The number of rotatable bonds is 10. The van der Waals surface area contributed by atoms with Crippen molar-refractivity contribution in [2.24, 2.45) is 0 Å². The standard InChI is InChI=1S/C27H34N4O4/c1-21-20-23(29-25(28-21)10-7-6-8-11-26(32)34-5)15-12-22-13-16-24(17-14-22)31(4)27(33)35-19-9-18-30(2)3/h12-17,20H,6,8-9,11,18-19H2,1-5H3/b15-12+. The molecule has 0 saturated heterocycles. The highest BCUT2D eigenvalue weighted by Gasteiger charge is 2.11. The predicted octanol–water partition coefficient (Wildman–Crippen LogP) is 4.17. The Bertz CT molecular complexity index is 1070. The third-order valence-electron chi connectivity index (χ3n) is 4.96. The van der Waals surface area contributed by atoms with E-state index in [0.717, 1.165) is 35.6 Å². The Morgan fingerprint density at radius 3 is 2.49 bits per heavy atom. The van der Waals surface area contributed by atoms with Crippen molar-refractivity contribution >= 4 is 29.9 Å². The van der Waals surface area contributed by atoms with Crippen molar-refractivity contribution < 1.29 is 19.1 Å². The smallest absolute Gasteiger partial charge is 0.414 e. The third kappa shape index (κ3) is 10.4. The number of carbonyl (C=O) groups excluding carboxylic acids is 2. The van der Waals surface area contributed by atoms with Crippen molar-refractivity contribution in [3.63, 3.8) is 0 Å². The molecule has 8 heteroatoms. The van der Waals surface area contributed by atoms with Gasteiger partial charge < -0.3 is 14.4 Å². The molecule has 2 aromatic rings. The van der Waals surface area contributed by atoms with Crippen LogP contribution in [0.3, 0.4) is 0 Å². The maximum Gasteiger partial charge on any atom is 0.414 e. The van der Waals surface area contributed by atoms with Crippen LogP contribution in [0.2, 0.25) is 0 Å². The number of aromatic nitrogens is 2. The van der Waals surface area contributed by atoms with Crippen LogP contribution < -0.4 is 4.90 Å². The average molecular weight is 479 g/mol. The first-order valence-corrected chi connectivity index (χ1v) is 11.5. The number of nitrogens with zero attached hydrogens (tertiary/aromatic N) is 4. The Morgan fingerprint density at radius 2 is 1.80 bits per heavy atom. The molecule has 0 aliphatic carbocycles. The molecule has 0 atom stereocenters. The van der Waals surface area contributed by atoms with Crippen LogP contribution in [0.4, 0.5) is 10.5 Å². The SMILES string of the molecule is COC(=O)CCCC#Cc1nc(C)cc(/C=C/c2ccc(N(C)C(=O)OCCCN(C)C)cc2)n1. The van der Waals surface area contributed by atoms with Crippen molar-refractivity contribution in [2.75, 3.05) is 46.3 Å². The largest absolute Gasteiger partial charge is 0.469 e. The summed E-state index contributed by atoms with van der Waals surface area (Å²) in [6.07, 6.45) is 5.82. The summed E-state index contributed by atoms with van der Waals surface area (Å²) in [7, 11) is 7.05. The van der Waals surface area contributed by atoms with Crippen molar-refractivity contribution in [2.45, 2.75) is 32.6 Å². The lowest BCUT2D eigenvalue weighted by atomic mass is 10.1. The lowest BCUT2D eigenvalue weighted by Crippen LogP contribution is -2.28. The number of hydrogen-bond acceptors (Lipinski definition) is 7. The van der Waals surface area contributed by atoms with Gasteiger partial charge in [0.2, 0.25) is 5.82 Å². The number of anilines is 1. The summed E-state index contributed by atoms with van der Waals surface area (Å²) < 4.78 is 9.94. The summed E-state index contributed by atoms with van der Waals surface area (Å²) in [5.41, 5.74) is 3.29. The summed E-state index contributed by atoms with van der Waals surface area (Å²) in [6, 6.07) is 9.48. The second-order valence-electron chi connectivity index (χ2n) is 8.24. The molecule has 1 heterocycles. The van der Waals surface area contributed by atoms with Gasteiger partial charge in [0.05, 0.1) is 19.4 Å². The van der Waals surface area contributed by atoms with Gasteiger partial charge in [-0.15, -0.1) is 0 Å². The minimum Gasteiger partial charge on any atom is -0.469 e. The summed E-state index contributed by atoms with van der Waals surface area (Å²) in [6.45, 7) is 3.15. The maximum absolute atomic E-state index is 12.2. The molecule has 0 radical (unpaired) electrons. The Labute approximate surface area is 208 Å². The first-order chi connectivity index (χ1) is 16.8. The molecule has 0 unspecified atom stereocenters. The Hall–Kier alpha value is -3.70. The second-order valence-corrected chi connectivity index (χ2v) is 8.24. The highest BCUT2D eigenvalue weighted by molar-refractivity contribution is 5.87. The van der Waals surface area contributed by atoms with Gasteiger partial charge in [-0.3, -0.25) is 9.69 Å². The molecule has 0 N–H and O–H groups in total. The monoisotopic (exact) mass is 478 g/mol. The molecule has 8 nitrogen and oxygen atoms in total. The Morgan fingerprint density at radius 1 is 1.06 bits per heavy atom. The number of unbranched alkanes of at least 4 members (excludes halogenated alkanes) is 1. The van der Waals surface area contributed by atoms with E-state index in [4.69, 9.17) is 4.74 Å². The van der Waals surface area contributed by atoms with Gasteiger partial charge in [-0.1, -0.05) is 24.1 Å². The molecule has 0 fully saturated rings. The van der Waals surface area contributed by atoms with Gasteiger partial charge in [-0.05, 0) is 69.6 Å². The molecule has 1 amide bonds. The van der Waals surface area contributed by atoms with Gasteiger partial charge in [0.1, 0.15) is 0 Å². The third-order valence-corrected chi connectivity index (χ3v) is 4.96. The average Bonchev–Trinajstić information content (AvgIpc) is 2.84. The molecule has 1 aromatic heterocycles. The molecular weight excluding hydrogens is 444 g/mol. The van der Waals surface area contributed by atoms with Gasteiger partial charge in [0.25, 0.3) is 0 Å². The fourth-order valence-electron chi connectivity index (χ4n) is 3.03. The number of ether oxygens (including phenoxy) is 2. The van der Waals surface area contributed by atoms with E-state index in [0.29, 0.717) is 31.7 Å². The maximum atomic E-state index is 12.2.